The molecule has 176 valence electrons. The highest BCUT2D eigenvalue weighted by Crippen LogP contribution is 2.31. The molecular weight excluding hydrogens is 400 g/mol. The third-order valence-corrected chi connectivity index (χ3v) is 7.58. The smallest absolute Gasteiger partial charge is 0.253 e. The van der Waals surface area contributed by atoms with E-state index in [0.717, 1.165) is 50.1 Å². The lowest BCUT2D eigenvalue weighted by Gasteiger charge is -2.41. The molecule has 0 radical (unpaired) electrons. The Hall–Kier alpha value is -1.92. The van der Waals surface area contributed by atoms with E-state index in [-0.39, 0.29) is 17.9 Å². The summed E-state index contributed by atoms with van der Waals surface area (Å²) in [6.07, 6.45) is 8.65. The Morgan fingerprint density at radius 3 is 2.22 bits per heavy atom. The van der Waals surface area contributed by atoms with Crippen molar-refractivity contribution in [3.63, 3.8) is 0 Å². The predicted octanol–water partition coefficient (Wildman–Crippen LogP) is 2.91. The predicted molar refractivity (Wildman–Crippen MR) is 128 cm³/mol. The fourth-order valence-corrected chi connectivity index (χ4v) is 5.66. The van der Waals surface area contributed by atoms with E-state index >= 15 is 0 Å². The molecule has 2 amide bonds. The first-order chi connectivity index (χ1) is 15.6. The van der Waals surface area contributed by atoms with Gasteiger partial charge in [-0.05, 0) is 63.7 Å². The van der Waals surface area contributed by atoms with Crippen molar-refractivity contribution in [2.45, 2.75) is 57.9 Å². The van der Waals surface area contributed by atoms with Crippen molar-refractivity contribution >= 4 is 11.8 Å². The number of nitrogens with zero attached hydrogens (tertiary/aromatic N) is 3. The normalized spacial score (nSPS) is 22.1. The summed E-state index contributed by atoms with van der Waals surface area (Å²) in [5.74, 6) is 0.754. The van der Waals surface area contributed by atoms with Crippen LogP contribution in [0.3, 0.4) is 0 Å². The average Bonchev–Trinajstić information content (AvgIpc) is 3.35. The quantitative estimate of drug-likeness (QED) is 0.708. The van der Waals surface area contributed by atoms with Gasteiger partial charge in [0.05, 0.1) is 6.04 Å². The summed E-state index contributed by atoms with van der Waals surface area (Å²) in [5, 5.41) is 3.27. The van der Waals surface area contributed by atoms with Crippen LogP contribution in [0.4, 0.5) is 0 Å². The molecule has 1 aromatic carbocycles. The highest BCUT2D eigenvalue weighted by atomic mass is 16.2. The van der Waals surface area contributed by atoms with E-state index in [9.17, 15) is 9.59 Å². The summed E-state index contributed by atoms with van der Waals surface area (Å²) in [5.41, 5.74) is 1.92. The van der Waals surface area contributed by atoms with Crippen LogP contribution in [-0.2, 0) is 4.79 Å². The van der Waals surface area contributed by atoms with Crippen LogP contribution in [0.2, 0.25) is 0 Å². The van der Waals surface area contributed by atoms with Gasteiger partial charge in [-0.25, -0.2) is 0 Å². The van der Waals surface area contributed by atoms with Gasteiger partial charge in [-0.15, -0.1) is 0 Å². The molecule has 0 aromatic heterocycles. The van der Waals surface area contributed by atoms with E-state index in [2.05, 4.69) is 15.1 Å². The van der Waals surface area contributed by atoms with Crippen molar-refractivity contribution in [3.05, 3.63) is 35.4 Å². The molecule has 32 heavy (non-hydrogen) atoms. The van der Waals surface area contributed by atoms with Gasteiger partial charge in [0.25, 0.3) is 5.91 Å². The summed E-state index contributed by atoms with van der Waals surface area (Å²) in [6, 6.07) is 7.78. The van der Waals surface area contributed by atoms with Crippen LogP contribution in [-0.4, -0.2) is 84.9 Å². The molecule has 6 nitrogen and oxygen atoms in total. The fraction of sp³-hybridized carbons (Fsp3) is 0.692. The molecule has 1 aliphatic carbocycles. The summed E-state index contributed by atoms with van der Waals surface area (Å²) in [6.45, 7) is 9.01. The molecule has 3 fully saturated rings. The van der Waals surface area contributed by atoms with Crippen molar-refractivity contribution in [1.82, 2.24) is 20.0 Å². The maximum Gasteiger partial charge on any atom is 0.253 e. The highest BCUT2D eigenvalue weighted by molar-refractivity contribution is 5.94. The van der Waals surface area contributed by atoms with Crippen molar-refractivity contribution < 1.29 is 9.59 Å². The second-order valence-corrected chi connectivity index (χ2v) is 9.88. The number of aryl methyl sites for hydroxylation is 1. The number of benzene rings is 1. The first-order valence-corrected chi connectivity index (χ1v) is 12.7. The van der Waals surface area contributed by atoms with Crippen LogP contribution < -0.4 is 5.32 Å². The molecular formula is C26H40N4O2. The largest absolute Gasteiger partial charge is 0.353 e. The van der Waals surface area contributed by atoms with Crippen LogP contribution in [0.5, 0.6) is 0 Å². The van der Waals surface area contributed by atoms with Crippen molar-refractivity contribution in [1.29, 1.82) is 0 Å². The Bertz CT molecular complexity index is 746. The molecule has 1 saturated carbocycles. The number of piperazine rings is 1. The number of hydrogen-bond acceptors (Lipinski definition) is 4. The molecule has 1 unspecified atom stereocenters. The minimum atomic E-state index is -0.0458. The SMILES string of the molecule is Cc1ccc(C(=O)N2CCN(C(C(=O)NCCN3CCCCC3)C3CCCC3)CC2)cc1. The lowest BCUT2D eigenvalue weighted by molar-refractivity contribution is -0.129. The summed E-state index contributed by atoms with van der Waals surface area (Å²) < 4.78 is 0. The topological polar surface area (TPSA) is 55.9 Å². The van der Waals surface area contributed by atoms with Crippen LogP contribution in [0.25, 0.3) is 0 Å². The van der Waals surface area contributed by atoms with Crippen LogP contribution >= 0.6 is 0 Å². The number of likely N-dealkylation sites (tertiary alicyclic amines) is 1. The van der Waals surface area contributed by atoms with Gasteiger partial charge in [0.2, 0.25) is 5.91 Å². The molecule has 1 atom stereocenters. The van der Waals surface area contributed by atoms with Crippen molar-refractivity contribution in [3.8, 4) is 0 Å². The third kappa shape index (κ3) is 5.90. The zero-order valence-corrected chi connectivity index (χ0v) is 19.7. The third-order valence-electron chi connectivity index (χ3n) is 7.58. The van der Waals surface area contributed by atoms with Gasteiger partial charge in [0, 0.05) is 44.8 Å². The van der Waals surface area contributed by atoms with E-state index in [4.69, 9.17) is 0 Å². The van der Waals surface area contributed by atoms with Crippen LogP contribution in [0.1, 0.15) is 60.9 Å². The number of carbonyl (C=O) groups excluding carboxylic acids is 2. The molecule has 0 bridgehead atoms. The van der Waals surface area contributed by atoms with E-state index < -0.39 is 0 Å². The number of carbonyl (C=O) groups is 2. The Morgan fingerprint density at radius 1 is 0.906 bits per heavy atom. The van der Waals surface area contributed by atoms with Crippen molar-refractivity contribution in [2.75, 3.05) is 52.4 Å². The standard InChI is InChI=1S/C26H40N4O2/c1-21-9-11-23(12-10-21)26(32)30-19-17-29(18-20-30)24(22-7-3-4-8-22)25(31)27-13-16-28-14-5-2-6-15-28/h9-12,22,24H,2-8,13-20H2,1H3,(H,27,31). The maximum absolute atomic E-state index is 13.3. The Kier molecular flexibility index (Phi) is 8.20. The Morgan fingerprint density at radius 2 is 1.56 bits per heavy atom. The summed E-state index contributed by atoms with van der Waals surface area (Å²) >= 11 is 0. The highest BCUT2D eigenvalue weighted by Gasteiger charge is 2.37. The average molecular weight is 441 g/mol. The Labute approximate surface area is 193 Å². The Balaban J connectivity index is 1.31. The minimum absolute atomic E-state index is 0.0458. The van der Waals surface area contributed by atoms with Crippen LogP contribution in [0, 0.1) is 12.8 Å². The van der Waals surface area contributed by atoms with Gasteiger partial charge in [0.1, 0.15) is 0 Å². The second kappa shape index (κ2) is 11.3. The number of piperidine rings is 1. The first-order valence-electron chi connectivity index (χ1n) is 12.7. The lowest BCUT2D eigenvalue weighted by atomic mass is 9.95. The zero-order valence-electron chi connectivity index (χ0n) is 19.7. The number of rotatable bonds is 7. The van der Waals surface area contributed by atoms with Crippen LogP contribution in [0.15, 0.2) is 24.3 Å². The van der Waals surface area contributed by atoms with Crippen molar-refractivity contribution in [2.24, 2.45) is 5.92 Å². The van der Waals surface area contributed by atoms with Gasteiger partial charge in [0.15, 0.2) is 0 Å². The molecule has 2 heterocycles. The minimum Gasteiger partial charge on any atom is -0.353 e. The van der Waals surface area contributed by atoms with Gasteiger partial charge in [-0.1, -0.05) is 37.0 Å². The molecule has 2 saturated heterocycles. The van der Waals surface area contributed by atoms with E-state index in [0.29, 0.717) is 19.0 Å². The number of amides is 2. The number of nitrogens with one attached hydrogen (secondary N) is 1. The molecule has 4 rings (SSSR count). The zero-order chi connectivity index (χ0) is 22.3. The molecule has 2 aliphatic heterocycles. The number of hydrogen-bond donors (Lipinski definition) is 1. The van der Waals surface area contributed by atoms with E-state index in [1.165, 1.54) is 45.2 Å². The van der Waals surface area contributed by atoms with E-state index in [1.807, 2.05) is 36.1 Å². The van der Waals surface area contributed by atoms with Gasteiger partial charge in [-0.3, -0.25) is 14.5 Å². The van der Waals surface area contributed by atoms with Gasteiger partial charge in [-0.2, -0.15) is 0 Å². The van der Waals surface area contributed by atoms with Gasteiger partial charge < -0.3 is 15.1 Å². The fourth-order valence-electron chi connectivity index (χ4n) is 5.66. The molecule has 1 aromatic rings. The molecule has 0 spiro atoms. The molecule has 3 aliphatic rings. The lowest BCUT2D eigenvalue weighted by Crippen LogP contribution is -2.58. The second-order valence-electron chi connectivity index (χ2n) is 9.88. The molecule has 1 N–H and O–H groups in total. The monoisotopic (exact) mass is 440 g/mol. The maximum atomic E-state index is 13.3. The van der Waals surface area contributed by atoms with Gasteiger partial charge >= 0.3 is 0 Å². The van der Waals surface area contributed by atoms with E-state index in [1.54, 1.807) is 0 Å². The first kappa shape index (κ1) is 23.2. The summed E-state index contributed by atoms with van der Waals surface area (Å²) in [4.78, 5) is 33.0. The summed E-state index contributed by atoms with van der Waals surface area (Å²) in [7, 11) is 0. The molecule has 6 heteroatoms.